The minimum atomic E-state index is -1.14. The van der Waals surface area contributed by atoms with Crippen LogP contribution in [0.1, 0.15) is 49.7 Å². The molecule has 5 heteroatoms. The average Bonchev–Trinajstić information content (AvgIpc) is 2.79. The fraction of sp³-hybridized carbons (Fsp3) is 0.333. The van der Waals surface area contributed by atoms with Gasteiger partial charge in [-0.1, -0.05) is 55.1 Å². The number of hydrogen-bond acceptors (Lipinski definition) is 1. The smallest absolute Gasteiger partial charge is 0.200 e. The van der Waals surface area contributed by atoms with Crippen LogP contribution >= 0.6 is 0 Å². The molecule has 0 unspecified atom stereocenters. The summed E-state index contributed by atoms with van der Waals surface area (Å²) in [6.07, 6.45) is 2.76. The normalized spacial score (nSPS) is 19.3. The summed E-state index contributed by atoms with van der Waals surface area (Å²) in [6.45, 7) is 10.3. The van der Waals surface area contributed by atoms with Crippen LogP contribution in [-0.4, -0.2) is 6.61 Å². The molecule has 0 bridgehead atoms. The van der Waals surface area contributed by atoms with Gasteiger partial charge in [0.25, 0.3) is 0 Å². The van der Waals surface area contributed by atoms with Crippen LogP contribution in [0.25, 0.3) is 11.1 Å². The monoisotopic (exact) mass is 444 g/mol. The minimum absolute atomic E-state index is 0.0320. The molecule has 32 heavy (non-hydrogen) atoms. The second kappa shape index (κ2) is 10.2. The van der Waals surface area contributed by atoms with Crippen LogP contribution in [0.15, 0.2) is 72.5 Å². The zero-order valence-corrected chi connectivity index (χ0v) is 18.5. The molecule has 0 heterocycles. The Balaban J connectivity index is 1.61. The van der Waals surface area contributed by atoms with Crippen molar-refractivity contribution in [3.8, 4) is 11.1 Å². The number of halogens is 4. The summed E-state index contributed by atoms with van der Waals surface area (Å²) in [5, 5.41) is 0. The molecule has 2 aromatic rings. The predicted molar refractivity (Wildman–Crippen MR) is 120 cm³/mol. The van der Waals surface area contributed by atoms with Crippen molar-refractivity contribution in [2.24, 2.45) is 5.92 Å². The number of aryl methyl sites for hydroxylation is 1. The van der Waals surface area contributed by atoms with Crippen molar-refractivity contribution in [3.05, 3.63) is 95.3 Å². The maximum absolute atomic E-state index is 14.9. The molecule has 1 nitrogen and oxygen atoms in total. The summed E-state index contributed by atoms with van der Waals surface area (Å²) in [5.41, 5.74) is 2.30. The van der Waals surface area contributed by atoms with Crippen LogP contribution in [0.5, 0.6) is 0 Å². The topological polar surface area (TPSA) is 9.23 Å². The van der Waals surface area contributed by atoms with Crippen LogP contribution in [0.3, 0.4) is 0 Å². The number of hydrogen-bond donors (Lipinski definition) is 0. The zero-order chi connectivity index (χ0) is 23.4. The van der Waals surface area contributed by atoms with E-state index in [-0.39, 0.29) is 35.3 Å². The van der Waals surface area contributed by atoms with E-state index < -0.39 is 23.3 Å². The van der Waals surface area contributed by atoms with E-state index in [1.165, 1.54) is 6.92 Å². The van der Waals surface area contributed by atoms with Gasteiger partial charge in [0.1, 0.15) is 0 Å². The van der Waals surface area contributed by atoms with Crippen LogP contribution in [0.2, 0.25) is 0 Å². The number of benzene rings is 2. The van der Waals surface area contributed by atoms with Crippen molar-refractivity contribution in [1.29, 1.82) is 0 Å². The van der Waals surface area contributed by atoms with Crippen molar-refractivity contribution in [2.75, 3.05) is 6.61 Å². The maximum Gasteiger partial charge on any atom is 0.200 e. The van der Waals surface area contributed by atoms with Gasteiger partial charge in [0.15, 0.2) is 29.0 Å². The Morgan fingerprint density at radius 1 is 0.906 bits per heavy atom. The van der Waals surface area contributed by atoms with Crippen molar-refractivity contribution in [3.63, 3.8) is 0 Å². The fourth-order valence-electron chi connectivity index (χ4n) is 4.07. The van der Waals surface area contributed by atoms with Gasteiger partial charge in [-0.05, 0) is 68.1 Å². The van der Waals surface area contributed by atoms with E-state index in [4.69, 9.17) is 4.74 Å². The molecule has 2 aromatic carbocycles. The second-order valence-electron chi connectivity index (χ2n) is 8.56. The molecule has 170 valence electrons. The maximum atomic E-state index is 14.9. The molecule has 0 radical (unpaired) electrons. The molecule has 0 spiro atoms. The SMILES string of the molecule is C=C(C)/C(F)=C(/F)C(=C)OCC1CCC(c2ccc(-c3ccc(C)cc3)c(F)c2F)CC1. The van der Waals surface area contributed by atoms with E-state index in [0.717, 1.165) is 5.56 Å². The van der Waals surface area contributed by atoms with Gasteiger partial charge < -0.3 is 4.74 Å². The standard InChI is InChI=1S/C27H28F4O/c1-16(2)24(28)25(29)18(4)32-15-19-7-11-21(12-8-19)23-14-13-22(26(30)27(23)31)20-9-5-17(3)6-10-20/h5-6,9-10,13-14,19,21H,1,4,7-8,11-12,15H2,2-3H3/b25-24-. The van der Waals surface area contributed by atoms with E-state index in [2.05, 4.69) is 13.2 Å². The highest BCUT2D eigenvalue weighted by Gasteiger charge is 2.27. The van der Waals surface area contributed by atoms with Gasteiger partial charge in [-0.25, -0.2) is 13.2 Å². The first-order chi connectivity index (χ1) is 15.2. The van der Waals surface area contributed by atoms with Gasteiger partial charge >= 0.3 is 0 Å². The largest absolute Gasteiger partial charge is 0.491 e. The summed E-state index contributed by atoms with van der Waals surface area (Å²) >= 11 is 0. The molecule has 0 N–H and O–H groups in total. The first kappa shape index (κ1) is 23.8. The van der Waals surface area contributed by atoms with Crippen LogP contribution in [0.4, 0.5) is 17.6 Å². The summed E-state index contributed by atoms with van der Waals surface area (Å²) in [7, 11) is 0. The lowest BCUT2D eigenvalue weighted by atomic mass is 9.78. The molecular weight excluding hydrogens is 416 g/mol. The van der Waals surface area contributed by atoms with Crippen molar-refractivity contribution in [1.82, 2.24) is 0 Å². The zero-order valence-electron chi connectivity index (χ0n) is 18.5. The summed E-state index contributed by atoms with van der Waals surface area (Å²) in [4.78, 5) is 0. The van der Waals surface area contributed by atoms with Gasteiger partial charge in [-0.2, -0.15) is 4.39 Å². The van der Waals surface area contributed by atoms with Crippen LogP contribution in [0, 0.1) is 24.5 Å². The molecule has 3 rings (SSSR count). The lowest BCUT2D eigenvalue weighted by molar-refractivity contribution is 0.136. The van der Waals surface area contributed by atoms with Gasteiger partial charge in [0, 0.05) is 5.56 Å². The van der Waals surface area contributed by atoms with E-state index in [1.807, 2.05) is 19.1 Å². The molecule has 0 amide bonds. The highest BCUT2D eigenvalue weighted by atomic mass is 19.2. The fourth-order valence-corrected chi connectivity index (χ4v) is 4.07. The molecular formula is C27H28F4O. The third-order valence-electron chi connectivity index (χ3n) is 6.07. The molecule has 1 fully saturated rings. The molecule has 1 saturated carbocycles. The number of rotatable bonds is 7. The van der Waals surface area contributed by atoms with E-state index in [9.17, 15) is 17.6 Å². The van der Waals surface area contributed by atoms with Gasteiger partial charge in [-0.3, -0.25) is 0 Å². The summed E-state index contributed by atoms with van der Waals surface area (Å²) in [5.74, 6) is -4.15. The van der Waals surface area contributed by atoms with Gasteiger partial charge in [-0.15, -0.1) is 0 Å². The Morgan fingerprint density at radius 3 is 2.12 bits per heavy atom. The summed E-state index contributed by atoms with van der Waals surface area (Å²) < 4.78 is 62.5. The Labute approximate surface area is 187 Å². The van der Waals surface area contributed by atoms with Crippen molar-refractivity contribution in [2.45, 2.75) is 45.4 Å². The molecule has 1 aliphatic carbocycles. The van der Waals surface area contributed by atoms with E-state index in [1.54, 1.807) is 24.3 Å². The highest BCUT2D eigenvalue weighted by Crippen LogP contribution is 2.39. The molecule has 0 aliphatic heterocycles. The molecule has 0 atom stereocenters. The highest BCUT2D eigenvalue weighted by molar-refractivity contribution is 5.65. The number of allylic oxidation sites excluding steroid dienone is 3. The van der Waals surface area contributed by atoms with Crippen molar-refractivity contribution >= 4 is 0 Å². The second-order valence-corrected chi connectivity index (χ2v) is 8.56. The Hall–Kier alpha value is -2.82. The Kier molecular flexibility index (Phi) is 7.60. The van der Waals surface area contributed by atoms with Crippen molar-refractivity contribution < 1.29 is 22.3 Å². The van der Waals surface area contributed by atoms with Crippen LogP contribution in [-0.2, 0) is 4.74 Å². The quantitative estimate of drug-likeness (QED) is 0.236. The summed E-state index contributed by atoms with van der Waals surface area (Å²) in [6, 6.07) is 10.6. The average molecular weight is 445 g/mol. The third kappa shape index (κ3) is 5.32. The van der Waals surface area contributed by atoms with Crippen LogP contribution < -0.4 is 0 Å². The molecule has 1 aliphatic rings. The van der Waals surface area contributed by atoms with Gasteiger partial charge in [0.05, 0.1) is 6.61 Å². The first-order valence-electron chi connectivity index (χ1n) is 10.8. The lowest BCUT2D eigenvalue weighted by Gasteiger charge is -2.29. The Bertz CT molecular complexity index is 1030. The van der Waals surface area contributed by atoms with Gasteiger partial charge in [0.2, 0.25) is 0 Å². The number of ether oxygens (including phenoxy) is 1. The van der Waals surface area contributed by atoms with E-state index in [0.29, 0.717) is 36.8 Å². The molecule has 0 aromatic heterocycles. The first-order valence-corrected chi connectivity index (χ1v) is 10.8. The van der Waals surface area contributed by atoms with E-state index >= 15 is 0 Å². The predicted octanol–water partition coefficient (Wildman–Crippen LogP) is 8.47. The lowest BCUT2D eigenvalue weighted by Crippen LogP contribution is -2.19. The third-order valence-corrected chi connectivity index (χ3v) is 6.07. The Morgan fingerprint density at radius 2 is 1.53 bits per heavy atom. The minimum Gasteiger partial charge on any atom is -0.491 e. The molecule has 0 saturated heterocycles.